The molecule has 2 aromatic carbocycles. The van der Waals surface area contributed by atoms with Crippen molar-refractivity contribution in [1.82, 2.24) is 0 Å². The summed E-state index contributed by atoms with van der Waals surface area (Å²) in [6.45, 7) is 1.23. The third kappa shape index (κ3) is 4.29. The molecule has 23 heavy (non-hydrogen) atoms. The molecule has 0 radical (unpaired) electrons. The molecule has 0 aliphatic heterocycles. The molecule has 0 saturated carbocycles. The van der Waals surface area contributed by atoms with E-state index in [9.17, 15) is 14.0 Å². The minimum Gasteiger partial charge on any atom is -0.497 e. The fraction of sp³-hybridized carbons (Fsp3) is 0.176. The lowest BCUT2D eigenvalue weighted by atomic mass is 10.1. The molecule has 2 rings (SSSR count). The largest absolute Gasteiger partial charge is 0.497 e. The summed E-state index contributed by atoms with van der Waals surface area (Å²) >= 11 is 0. The minimum absolute atomic E-state index is 0.0363. The molecule has 6 heteroatoms. The molecular formula is C17H16FNO4. The Kier molecular flexibility index (Phi) is 5.30. The van der Waals surface area contributed by atoms with Crippen LogP contribution < -0.4 is 10.1 Å². The Bertz CT molecular complexity index is 730. The molecule has 2 aromatic rings. The number of amides is 1. The van der Waals surface area contributed by atoms with Gasteiger partial charge in [0.25, 0.3) is 5.91 Å². The van der Waals surface area contributed by atoms with Gasteiger partial charge in [0.1, 0.15) is 11.6 Å². The lowest BCUT2D eigenvalue weighted by Crippen LogP contribution is -2.21. The van der Waals surface area contributed by atoms with Crippen molar-refractivity contribution in [2.45, 2.75) is 6.92 Å². The molecule has 0 unspecified atom stereocenters. The number of esters is 1. The maximum absolute atomic E-state index is 13.4. The third-order valence-electron chi connectivity index (χ3n) is 3.14. The quantitative estimate of drug-likeness (QED) is 0.861. The van der Waals surface area contributed by atoms with E-state index in [0.717, 1.165) is 0 Å². The molecule has 0 atom stereocenters. The monoisotopic (exact) mass is 317 g/mol. The van der Waals surface area contributed by atoms with Gasteiger partial charge >= 0.3 is 5.97 Å². The first kappa shape index (κ1) is 16.5. The zero-order chi connectivity index (χ0) is 16.8. The van der Waals surface area contributed by atoms with Crippen LogP contribution in [0.1, 0.15) is 15.9 Å². The predicted molar refractivity (Wildman–Crippen MR) is 83.0 cm³/mol. The minimum atomic E-state index is -0.631. The Morgan fingerprint density at radius 2 is 1.91 bits per heavy atom. The van der Waals surface area contributed by atoms with Gasteiger partial charge in [0.15, 0.2) is 6.61 Å². The summed E-state index contributed by atoms with van der Waals surface area (Å²) in [5.41, 5.74) is 1.04. The van der Waals surface area contributed by atoms with Gasteiger partial charge < -0.3 is 14.8 Å². The molecule has 0 bridgehead atoms. The number of carbonyl (C=O) groups excluding carboxylic acids is 2. The number of aryl methyl sites for hydroxylation is 1. The lowest BCUT2D eigenvalue weighted by molar-refractivity contribution is -0.119. The van der Waals surface area contributed by atoms with E-state index < -0.39 is 24.3 Å². The zero-order valence-corrected chi connectivity index (χ0v) is 12.8. The van der Waals surface area contributed by atoms with Crippen molar-refractivity contribution in [1.29, 1.82) is 0 Å². The number of nitrogens with one attached hydrogen (secondary N) is 1. The fourth-order valence-electron chi connectivity index (χ4n) is 1.95. The van der Waals surface area contributed by atoms with Crippen LogP contribution >= 0.6 is 0 Å². The van der Waals surface area contributed by atoms with Gasteiger partial charge in [0, 0.05) is 0 Å². The highest BCUT2D eigenvalue weighted by Gasteiger charge is 2.14. The summed E-state index contributed by atoms with van der Waals surface area (Å²) < 4.78 is 23.4. The Balaban J connectivity index is 1.94. The molecule has 120 valence electrons. The van der Waals surface area contributed by atoms with Gasteiger partial charge in [-0.2, -0.15) is 0 Å². The lowest BCUT2D eigenvalue weighted by Gasteiger charge is -2.09. The number of hydrogen-bond acceptors (Lipinski definition) is 4. The van der Waals surface area contributed by atoms with Crippen molar-refractivity contribution in [2.24, 2.45) is 0 Å². The van der Waals surface area contributed by atoms with E-state index in [1.165, 1.54) is 25.3 Å². The standard InChI is InChI=1S/C17H16FNO4/c1-11-9-12(22-2)7-8-13(11)17(21)23-10-16(20)19-15-6-4-3-5-14(15)18/h3-9H,10H2,1-2H3,(H,19,20). The molecule has 0 heterocycles. The molecule has 0 aliphatic rings. The van der Waals surface area contributed by atoms with Gasteiger partial charge in [-0.05, 0) is 42.8 Å². The van der Waals surface area contributed by atoms with E-state index in [4.69, 9.17) is 9.47 Å². The maximum atomic E-state index is 13.4. The summed E-state index contributed by atoms with van der Waals surface area (Å²) in [5, 5.41) is 2.34. The van der Waals surface area contributed by atoms with E-state index in [2.05, 4.69) is 5.32 Å². The van der Waals surface area contributed by atoms with Crippen molar-refractivity contribution in [3.05, 3.63) is 59.4 Å². The van der Waals surface area contributed by atoms with Crippen LogP contribution in [0.3, 0.4) is 0 Å². The number of benzene rings is 2. The Labute approximate surface area is 133 Å². The first-order valence-corrected chi connectivity index (χ1v) is 6.87. The highest BCUT2D eigenvalue weighted by molar-refractivity contribution is 5.96. The van der Waals surface area contributed by atoms with Gasteiger partial charge in [-0.1, -0.05) is 12.1 Å². The second-order valence-corrected chi connectivity index (χ2v) is 4.79. The Morgan fingerprint density at radius 1 is 1.17 bits per heavy atom. The van der Waals surface area contributed by atoms with Crippen molar-refractivity contribution in [3.8, 4) is 5.75 Å². The summed E-state index contributed by atoms with van der Waals surface area (Å²) in [6.07, 6.45) is 0. The molecule has 0 fully saturated rings. The van der Waals surface area contributed by atoms with E-state index in [1.54, 1.807) is 31.2 Å². The van der Waals surface area contributed by atoms with Gasteiger partial charge in [0.2, 0.25) is 0 Å². The number of ether oxygens (including phenoxy) is 2. The average Bonchev–Trinajstić information content (AvgIpc) is 2.54. The zero-order valence-electron chi connectivity index (χ0n) is 12.8. The van der Waals surface area contributed by atoms with Crippen molar-refractivity contribution >= 4 is 17.6 Å². The molecule has 1 N–H and O–H groups in total. The van der Waals surface area contributed by atoms with Gasteiger partial charge in [0.05, 0.1) is 18.4 Å². The van der Waals surface area contributed by atoms with Crippen LogP contribution in [-0.4, -0.2) is 25.6 Å². The summed E-state index contributed by atoms with van der Waals surface area (Å²) in [6, 6.07) is 10.6. The smallest absolute Gasteiger partial charge is 0.338 e. The van der Waals surface area contributed by atoms with Crippen LogP contribution in [0.25, 0.3) is 0 Å². The molecule has 5 nitrogen and oxygen atoms in total. The van der Waals surface area contributed by atoms with Crippen LogP contribution in [0.5, 0.6) is 5.75 Å². The maximum Gasteiger partial charge on any atom is 0.338 e. The van der Waals surface area contributed by atoms with Crippen LogP contribution in [0.2, 0.25) is 0 Å². The summed E-state index contributed by atoms with van der Waals surface area (Å²) in [5.74, 6) is -1.18. The molecular weight excluding hydrogens is 301 g/mol. The molecule has 1 amide bonds. The number of halogens is 1. The third-order valence-corrected chi connectivity index (χ3v) is 3.14. The fourth-order valence-corrected chi connectivity index (χ4v) is 1.95. The van der Waals surface area contributed by atoms with Crippen LogP contribution in [-0.2, 0) is 9.53 Å². The first-order chi connectivity index (χ1) is 11.0. The van der Waals surface area contributed by atoms with Crippen molar-refractivity contribution < 1.29 is 23.5 Å². The average molecular weight is 317 g/mol. The molecule has 0 saturated heterocycles. The Hall–Kier alpha value is -2.89. The molecule has 0 aliphatic carbocycles. The second-order valence-electron chi connectivity index (χ2n) is 4.79. The summed E-state index contributed by atoms with van der Waals surface area (Å²) in [4.78, 5) is 23.7. The molecule has 0 spiro atoms. The normalized spacial score (nSPS) is 10.0. The summed E-state index contributed by atoms with van der Waals surface area (Å²) in [7, 11) is 1.53. The number of para-hydroxylation sites is 1. The number of rotatable bonds is 5. The second kappa shape index (κ2) is 7.40. The first-order valence-electron chi connectivity index (χ1n) is 6.87. The highest BCUT2D eigenvalue weighted by atomic mass is 19.1. The van der Waals surface area contributed by atoms with Crippen LogP contribution in [0, 0.1) is 12.7 Å². The van der Waals surface area contributed by atoms with Gasteiger partial charge in [-0.15, -0.1) is 0 Å². The SMILES string of the molecule is COc1ccc(C(=O)OCC(=O)Nc2ccccc2F)c(C)c1. The van der Waals surface area contributed by atoms with E-state index >= 15 is 0 Å². The topological polar surface area (TPSA) is 64.6 Å². The van der Waals surface area contributed by atoms with Gasteiger partial charge in [-0.25, -0.2) is 9.18 Å². The Morgan fingerprint density at radius 3 is 2.57 bits per heavy atom. The molecule has 0 aromatic heterocycles. The highest BCUT2D eigenvalue weighted by Crippen LogP contribution is 2.17. The van der Waals surface area contributed by atoms with Crippen LogP contribution in [0.4, 0.5) is 10.1 Å². The van der Waals surface area contributed by atoms with E-state index in [0.29, 0.717) is 16.9 Å². The predicted octanol–water partition coefficient (Wildman–Crippen LogP) is 2.94. The van der Waals surface area contributed by atoms with Crippen molar-refractivity contribution in [2.75, 3.05) is 19.0 Å². The number of carbonyl (C=O) groups is 2. The number of methoxy groups -OCH3 is 1. The van der Waals surface area contributed by atoms with E-state index in [-0.39, 0.29) is 5.69 Å². The number of hydrogen-bond donors (Lipinski definition) is 1. The van der Waals surface area contributed by atoms with Gasteiger partial charge in [-0.3, -0.25) is 4.79 Å². The van der Waals surface area contributed by atoms with E-state index in [1.807, 2.05) is 0 Å². The van der Waals surface area contributed by atoms with Crippen LogP contribution in [0.15, 0.2) is 42.5 Å². The van der Waals surface area contributed by atoms with Crippen molar-refractivity contribution in [3.63, 3.8) is 0 Å². The number of anilines is 1.